The van der Waals surface area contributed by atoms with Crippen molar-refractivity contribution < 1.29 is 9.04 Å². The van der Waals surface area contributed by atoms with Crippen LogP contribution in [0.2, 0.25) is 5.15 Å². The lowest BCUT2D eigenvalue weighted by atomic mass is 10.3. The molecule has 0 aliphatic rings. The Labute approximate surface area is 91.6 Å². The van der Waals surface area contributed by atoms with Gasteiger partial charge in [0.05, 0.1) is 10.3 Å². The van der Waals surface area contributed by atoms with E-state index in [1.54, 1.807) is 0 Å². The lowest BCUT2D eigenvalue weighted by Gasteiger charge is -1.97. The Balaban J connectivity index is 3.03. The molecule has 0 spiro atoms. The summed E-state index contributed by atoms with van der Waals surface area (Å²) >= 11 is 5.56. The molecule has 0 fully saturated rings. The van der Waals surface area contributed by atoms with Crippen molar-refractivity contribution in [1.82, 2.24) is 14.8 Å². The predicted octanol–water partition coefficient (Wildman–Crippen LogP) is 0.823. The van der Waals surface area contributed by atoms with E-state index < -0.39 is 33.8 Å². The summed E-state index contributed by atoms with van der Waals surface area (Å²) in [7, 11) is 0. The number of rotatable bonds is 1. The number of halogens is 1. The lowest BCUT2D eigenvalue weighted by molar-refractivity contribution is -0.383. The van der Waals surface area contributed by atoms with Gasteiger partial charge in [-0.15, -0.1) is 0 Å². The first-order valence-corrected chi connectivity index (χ1v) is 4.05. The van der Waals surface area contributed by atoms with Gasteiger partial charge in [0.15, 0.2) is 5.52 Å². The molecule has 0 unspecified atom stereocenters. The average Bonchev–Trinajstić information content (AvgIpc) is 2.54. The van der Waals surface area contributed by atoms with E-state index in [0.717, 1.165) is 6.20 Å². The Morgan fingerprint density at radius 3 is 3.13 bits per heavy atom. The SMILES string of the molecule is [2H]C([2H])([2H])n1[nH]c(=O)c2cnc(Cl)c([N+](=O)[O-])c21. The van der Waals surface area contributed by atoms with Crippen molar-refractivity contribution in [3.05, 3.63) is 31.8 Å². The van der Waals surface area contributed by atoms with Crippen molar-refractivity contribution >= 4 is 28.2 Å². The molecular formula is C7H5ClN4O3. The van der Waals surface area contributed by atoms with E-state index in [4.69, 9.17) is 15.7 Å². The van der Waals surface area contributed by atoms with Crippen LogP contribution in [0.5, 0.6) is 0 Å². The fourth-order valence-electron chi connectivity index (χ4n) is 1.24. The van der Waals surface area contributed by atoms with E-state index in [-0.39, 0.29) is 5.39 Å². The summed E-state index contributed by atoms with van der Waals surface area (Å²) in [5, 5.41) is 12.2. The fourth-order valence-corrected chi connectivity index (χ4v) is 1.45. The van der Waals surface area contributed by atoms with Gasteiger partial charge in [-0.05, 0) is 0 Å². The molecule has 2 aromatic heterocycles. The van der Waals surface area contributed by atoms with Crippen LogP contribution < -0.4 is 5.56 Å². The minimum absolute atomic E-state index is 0.206. The quantitative estimate of drug-likeness (QED) is 0.447. The van der Waals surface area contributed by atoms with Crippen LogP contribution in [0.15, 0.2) is 11.0 Å². The molecule has 0 aromatic carbocycles. The highest BCUT2D eigenvalue weighted by Crippen LogP contribution is 2.28. The molecule has 15 heavy (non-hydrogen) atoms. The number of fused-ring (bicyclic) bond motifs is 1. The first-order valence-electron chi connectivity index (χ1n) is 5.17. The average molecular weight is 232 g/mol. The van der Waals surface area contributed by atoms with Crippen LogP contribution in [0.4, 0.5) is 5.69 Å². The molecule has 0 aliphatic carbocycles. The van der Waals surface area contributed by atoms with Crippen molar-refractivity contribution in [1.29, 1.82) is 0 Å². The molecule has 1 N–H and O–H groups in total. The van der Waals surface area contributed by atoms with Gasteiger partial charge in [0, 0.05) is 17.3 Å². The number of H-pyrrole nitrogens is 1. The normalized spacial score (nSPS) is 14.6. The molecule has 8 heteroatoms. The second-order valence-electron chi connectivity index (χ2n) is 2.69. The van der Waals surface area contributed by atoms with Gasteiger partial charge in [-0.1, -0.05) is 11.6 Å². The molecule has 7 nitrogen and oxygen atoms in total. The molecule has 0 amide bonds. The minimum Gasteiger partial charge on any atom is -0.281 e. The van der Waals surface area contributed by atoms with Crippen molar-refractivity contribution in [2.75, 3.05) is 0 Å². The molecule has 78 valence electrons. The second kappa shape index (κ2) is 3.06. The van der Waals surface area contributed by atoms with Gasteiger partial charge in [0.25, 0.3) is 5.56 Å². The van der Waals surface area contributed by atoms with Crippen molar-refractivity contribution in [2.24, 2.45) is 6.98 Å². The molecule has 2 aromatic rings. The Hall–Kier alpha value is -1.89. The Bertz CT molecular complexity index is 704. The predicted molar refractivity (Wildman–Crippen MR) is 53.0 cm³/mol. The summed E-state index contributed by atoms with van der Waals surface area (Å²) < 4.78 is 22.1. The number of nitrogens with one attached hydrogen (secondary N) is 1. The van der Waals surface area contributed by atoms with Crippen molar-refractivity contribution in [3.8, 4) is 0 Å². The third-order valence-electron chi connectivity index (χ3n) is 1.85. The van der Waals surface area contributed by atoms with Crippen LogP contribution in [-0.4, -0.2) is 19.7 Å². The molecular weight excluding hydrogens is 224 g/mol. The lowest BCUT2D eigenvalue weighted by Crippen LogP contribution is -2.01. The third-order valence-corrected chi connectivity index (χ3v) is 2.12. The molecule has 0 atom stereocenters. The summed E-state index contributed by atoms with van der Waals surface area (Å²) in [5.74, 6) is 0. The smallest absolute Gasteiger partial charge is 0.281 e. The van der Waals surface area contributed by atoms with E-state index >= 15 is 0 Å². The maximum Gasteiger partial charge on any atom is 0.332 e. The van der Waals surface area contributed by atoms with Crippen LogP contribution in [0.3, 0.4) is 0 Å². The van der Waals surface area contributed by atoms with Crippen LogP contribution >= 0.6 is 11.6 Å². The summed E-state index contributed by atoms with van der Waals surface area (Å²) in [5.41, 5.74) is -1.90. The third kappa shape index (κ3) is 1.28. The standard InChI is InChI=1S/C7H5ClN4O3/c1-11-4-3(7(13)10-11)2-9-6(8)5(4)12(14)15/h2H,1H3,(H,10,13)/i1D3. The first-order chi connectivity index (χ1) is 8.23. The number of pyridine rings is 1. The number of hydrogen-bond donors (Lipinski definition) is 1. The van der Waals surface area contributed by atoms with Crippen LogP contribution in [-0.2, 0) is 6.98 Å². The number of nitro groups is 1. The zero-order valence-electron chi connectivity index (χ0n) is 10.0. The summed E-state index contributed by atoms with van der Waals surface area (Å²) in [6.45, 7) is -2.77. The zero-order valence-corrected chi connectivity index (χ0v) is 7.78. The topological polar surface area (TPSA) is 93.8 Å². The van der Waals surface area contributed by atoms with Gasteiger partial charge in [0.2, 0.25) is 5.15 Å². The molecule has 0 aliphatic heterocycles. The van der Waals surface area contributed by atoms with E-state index in [2.05, 4.69) is 4.98 Å². The number of nitrogens with zero attached hydrogens (tertiary/aromatic N) is 3. The van der Waals surface area contributed by atoms with Gasteiger partial charge in [0.1, 0.15) is 0 Å². The van der Waals surface area contributed by atoms with Gasteiger partial charge in [-0.25, -0.2) is 4.98 Å². The first kappa shape index (κ1) is 6.57. The van der Waals surface area contributed by atoms with E-state index in [0.29, 0.717) is 4.68 Å². The van der Waals surface area contributed by atoms with Gasteiger partial charge in [-0.2, -0.15) is 0 Å². The fraction of sp³-hybridized carbons (Fsp3) is 0.143. The molecule has 0 radical (unpaired) electrons. The summed E-state index contributed by atoms with van der Waals surface area (Å²) in [6, 6.07) is 0. The number of aromatic nitrogens is 3. The molecule has 0 saturated carbocycles. The highest BCUT2D eigenvalue weighted by Gasteiger charge is 2.23. The van der Waals surface area contributed by atoms with E-state index in [1.165, 1.54) is 0 Å². The maximum atomic E-state index is 11.5. The van der Waals surface area contributed by atoms with Crippen LogP contribution in [0.1, 0.15) is 4.11 Å². The highest BCUT2D eigenvalue weighted by molar-refractivity contribution is 6.32. The Kier molecular flexibility index (Phi) is 1.34. The minimum atomic E-state index is -2.77. The Morgan fingerprint density at radius 1 is 1.80 bits per heavy atom. The van der Waals surface area contributed by atoms with Crippen molar-refractivity contribution in [3.63, 3.8) is 0 Å². The molecule has 2 heterocycles. The van der Waals surface area contributed by atoms with E-state index in [1.807, 2.05) is 5.10 Å². The number of hydrogen-bond acceptors (Lipinski definition) is 4. The van der Waals surface area contributed by atoms with Crippen LogP contribution in [0.25, 0.3) is 10.9 Å². The zero-order chi connectivity index (χ0) is 13.7. The molecule has 0 saturated heterocycles. The molecule has 0 bridgehead atoms. The monoisotopic (exact) mass is 231 g/mol. The summed E-state index contributed by atoms with van der Waals surface area (Å²) in [6.07, 6.45) is 0.992. The van der Waals surface area contributed by atoms with Crippen LogP contribution in [0, 0.1) is 10.1 Å². The Morgan fingerprint density at radius 2 is 2.53 bits per heavy atom. The molecule has 2 rings (SSSR count). The highest BCUT2D eigenvalue weighted by atomic mass is 35.5. The van der Waals surface area contributed by atoms with Gasteiger partial charge >= 0.3 is 5.69 Å². The summed E-state index contributed by atoms with van der Waals surface area (Å²) in [4.78, 5) is 25.0. The van der Waals surface area contributed by atoms with Crippen molar-refractivity contribution in [2.45, 2.75) is 0 Å². The number of aromatic amines is 1. The largest absolute Gasteiger partial charge is 0.332 e. The van der Waals surface area contributed by atoms with Gasteiger partial charge in [-0.3, -0.25) is 24.7 Å². The maximum absolute atomic E-state index is 11.5. The second-order valence-corrected chi connectivity index (χ2v) is 3.05. The van der Waals surface area contributed by atoms with Gasteiger partial charge < -0.3 is 0 Å². The number of aryl methyl sites for hydroxylation is 1. The van der Waals surface area contributed by atoms with E-state index in [9.17, 15) is 14.9 Å².